The maximum Gasteiger partial charge on any atom is 0.172 e. The Kier molecular flexibility index (Phi) is 3.67. The zero-order valence-electron chi connectivity index (χ0n) is 10.3. The van der Waals surface area contributed by atoms with Gasteiger partial charge in [-0.25, -0.2) is 9.97 Å². The molecule has 1 N–H and O–H groups in total. The van der Waals surface area contributed by atoms with Crippen LogP contribution in [0.2, 0.25) is 10.2 Å². The van der Waals surface area contributed by atoms with E-state index in [9.17, 15) is 0 Å². The molecule has 0 atom stereocenters. The number of anilines is 1. The standard InChI is InChI=1S/C14H10Cl2N4/c15-9-4-5-11-12(7-9)20-14(13(16)19-11)18-8-10-3-1-2-6-17-10/h1-7H,8H2,(H,18,20). The van der Waals surface area contributed by atoms with Gasteiger partial charge < -0.3 is 5.32 Å². The monoisotopic (exact) mass is 304 g/mol. The molecule has 6 heteroatoms. The molecule has 0 amide bonds. The van der Waals surface area contributed by atoms with Gasteiger partial charge in [0.25, 0.3) is 0 Å². The third-order valence-corrected chi connectivity index (χ3v) is 3.25. The van der Waals surface area contributed by atoms with E-state index in [1.807, 2.05) is 18.2 Å². The molecule has 100 valence electrons. The second-order valence-corrected chi connectivity index (χ2v) is 4.97. The Balaban J connectivity index is 1.89. The first-order chi connectivity index (χ1) is 9.72. The molecule has 0 aliphatic carbocycles. The van der Waals surface area contributed by atoms with Crippen LogP contribution in [0.25, 0.3) is 11.0 Å². The van der Waals surface area contributed by atoms with Crippen LogP contribution in [0.3, 0.4) is 0 Å². The second-order valence-electron chi connectivity index (χ2n) is 4.17. The number of halogens is 2. The predicted octanol–water partition coefficient (Wildman–Crippen LogP) is 3.94. The van der Waals surface area contributed by atoms with Crippen molar-refractivity contribution in [2.24, 2.45) is 0 Å². The van der Waals surface area contributed by atoms with E-state index in [1.54, 1.807) is 24.4 Å². The van der Waals surface area contributed by atoms with E-state index in [4.69, 9.17) is 23.2 Å². The first-order valence-electron chi connectivity index (χ1n) is 5.99. The SMILES string of the molecule is Clc1ccc2nc(Cl)c(NCc3ccccn3)nc2c1. The van der Waals surface area contributed by atoms with Gasteiger partial charge in [-0.15, -0.1) is 0 Å². The van der Waals surface area contributed by atoms with Crippen molar-refractivity contribution >= 4 is 40.1 Å². The zero-order valence-corrected chi connectivity index (χ0v) is 11.9. The molecule has 0 unspecified atom stereocenters. The lowest BCUT2D eigenvalue weighted by atomic mass is 10.3. The summed E-state index contributed by atoms with van der Waals surface area (Å²) in [6.45, 7) is 0.529. The summed E-state index contributed by atoms with van der Waals surface area (Å²) in [4.78, 5) is 12.9. The molecule has 3 aromatic rings. The predicted molar refractivity (Wildman–Crippen MR) is 81.1 cm³/mol. The first-order valence-corrected chi connectivity index (χ1v) is 6.74. The van der Waals surface area contributed by atoms with Gasteiger partial charge in [-0.1, -0.05) is 29.3 Å². The van der Waals surface area contributed by atoms with Gasteiger partial charge in [0.1, 0.15) is 0 Å². The molecule has 0 saturated heterocycles. The number of nitrogens with one attached hydrogen (secondary N) is 1. The second kappa shape index (κ2) is 5.61. The van der Waals surface area contributed by atoms with Gasteiger partial charge in [-0.3, -0.25) is 4.98 Å². The average molecular weight is 305 g/mol. The lowest BCUT2D eigenvalue weighted by molar-refractivity contribution is 1.03. The molecule has 4 nitrogen and oxygen atoms in total. The van der Waals surface area contributed by atoms with Crippen LogP contribution in [-0.2, 0) is 6.54 Å². The van der Waals surface area contributed by atoms with Crippen molar-refractivity contribution in [1.82, 2.24) is 15.0 Å². The molecule has 0 aliphatic heterocycles. The molecule has 1 aromatic carbocycles. The molecule has 0 bridgehead atoms. The van der Waals surface area contributed by atoms with Crippen LogP contribution in [0, 0.1) is 0 Å². The van der Waals surface area contributed by atoms with Crippen LogP contribution in [0.4, 0.5) is 5.82 Å². The van der Waals surface area contributed by atoms with Crippen molar-refractivity contribution in [3.8, 4) is 0 Å². The van der Waals surface area contributed by atoms with Crippen LogP contribution >= 0.6 is 23.2 Å². The molecular weight excluding hydrogens is 295 g/mol. The zero-order chi connectivity index (χ0) is 13.9. The van der Waals surface area contributed by atoms with Gasteiger partial charge in [-0.2, -0.15) is 0 Å². The minimum Gasteiger partial charge on any atom is -0.362 e. The summed E-state index contributed by atoms with van der Waals surface area (Å²) in [7, 11) is 0. The van der Waals surface area contributed by atoms with E-state index in [0.29, 0.717) is 33.6 Å². The van der Waals surface area contributed by atoms with Crippen molar-refractivity contribution in [1.29, 1.82) is 0 Å². The maximum absolute atomic E-state index is 6.12. The number of hydrogen-bond acceptors (Lipinski definition) is 4. The van der Waals surface area contributed by atoms with Gasteiger partial charge >= 0.3 is 0 Å². The summed E-state index contributed by atoms with van der Waals surface area (Å²) in [5.74, 6) is 0.520. The van der Waals surface area contributed by atoms with E-state index in [1.165, 1.54) is 0 Å². The Morgan fingerprint density at radius 1 is 1.00 bits per heavy atom. The van der Waals surface area contributed by atoms with Crippen molar-refractivity contribution in [3.63, 3.8) is 0 Å². The van der Waals surface area contributed by atoms with E-state index in [2.05, 4.69) is 20.3 Å². The Morgan fingerprint density at radius 3 is 2.70 bits per heavy atom. The highest BCUT2D eigenvalue weighted by Gasteiger charge is 2.07. The van der Waals surface area contributed by atoms with Crippen molar-refractivity contribution < 1.29 is 0 Å². The summed E-state index contributed by atoms with van der Waals surface area (Å²) in [6.07, 6.45) is 1.74. The van der Waals surface area contributed by atoms with E-state index >= 15 is 0 Å². The van der Waals surface area contributed by atoms with Crippen LogP contribution in [0.5, 0.6) is 0 Å². The Labute approximate surface area is 125 Å². The van der Waals surface area contributed by atoms with Crippen molar-refractivity contribution in [2.45, 2.75) is 6.54 Å². The molecule has 0 radical (unpaired) electrons. The quantitative estimate of drug-likeness (QED) is 0.796. The third-order valence-electron chi connectivity index (χ3n) is 2.75. The molecule has 0 fully saturated rings. The van der Waals surface area contributed by atoms with Crippen LogP contribution in [0.15, 0.2) is 42.6 Å². The van der Waals surface area contributed by atoms with E-state index in [-0.39, 0.29) is 0 Å². The first kappa shape index (κ1) is 13.1. The van der Waals surface area contributed by atoms with Gasteiger partial charge in [0, 0.05) is 11.2 Å². The fourth-order valence-electron chi connectivity index (χ4n) is 1.80. The van der Waals surface area contributed by atoms with E-state index < -0.39 is 0 Å². The Morgan fingerprint density at radius 2 is 1.90 bits per heavy atom. The molecule has 0 saturated carbocycles. The topological polar surface area (TPSA) is 50.7 Å². The van der Waals surface area contributed by atoms with E-state index in [0.717, 1.165) is 5.69 Å². The normalized spacial score (nSPS) is 10.7. The number of hydrogen-bond donors (Lipinski definition) is 1. The largest absolute Gasteiger partial charge is 0.362 e. The van der Waals surface area contributed by atoms with Crippen molar-refractivity contribution in [3.05, 3.63) is 58.5 Å². The highest BCUT2D eigenvalue weighted by molar-refractivity contribution is 6.32. The summed E-state index contributed by atoms with van der Waals surface area (Å²) >= 11 is 12.1. The molecule has 20 heavy (non-hydrogen) atoms. The number of nitrogens with zero attached hydrogens (tertiary/aromatic N) is 3. The maximum atomic E-state index is 6.12. The minimum atomic E-state index is 0.329. The van der Waals surface area contributed by atoms with Gasteiger partial charge in [-0.05, 0) is 30.3 Å². The highest BCUT2D eigenvalue weighted by atomic mass is 35.5. The highest BCUT2D eigenvalue weighted by Crippen LogP contribution is 2.23. The number of pyridine rings is 1. The van der Waals surface area contributed by atoms with Crippen LogP contribution in [-0.4, -0.2) is 15.0 Å². The van der Waals surface area contributed by atoms with Gasteiger partial charge in [0.2, 0.25) is 0 Å². The summed E-state index contributed by atoms with van der Waals surface area (Å²) in [6, 6.07) is 11.0. The fourth-order valence-corrected chi connectivity index (χ4v) is 2.16. The summed E-state index contributed by atoms with van der Waals surface area (Å²) in [5, 5.41) is 4.07. The molecule has 2 aromatic heterocycles. The summed E-state index contributed by atoms with van der Waals surface area (Å²) in [5.41, 5.74) is 2.31. The lowest BCUT2D eigenvalue weighted by Gasteiger charge is -2.08. The molecule has 2 heterocycles. The Bertz CT molecular complexity index is 747. The minimum absolute atomic E-state index is 0.329. The average Bonchev–Trinajstić information content (AvgIpc) is 2.46. The lowest BCUT2D eigenvalue weighted by Crippen LogP contribution is -2.04. The van der Waals surface area contributed by atoms with Gasteiger partial charge in [0.05, 0.1) is 23.3 Å². The van der Waals surface area contributed by atoms with Crippen LogP contribution in [0.1, 0.15) is 5.69 Å². The number of aromatic nitrogens is 3. The van der Waals surface area contributed by atoms with Crippen molar-refractivity contribution in [2.75, 3.05) is 5.32 Å². The smallest absolute Gasteiger partial charge is 0.172 e. The number of fused-ring (bicyclic) bond motifs is 1. The molecule has 3 rings (SSSR count). The van der Waals surface area contributed by atoms with Crippen LogP contribution < -0.4 is 5.32 Å². The molecule has 0 aliphatic rings. The third kappa shape index (κ3) is 2.81. The fraction of sp³-hybridized carbons (Fsp3) is 0.0714. The van der Waals surface area contributed by atoms with Gasteiger partial charge in [0.15, 0.2) is 11.0 Å². The molecule has 0 spiro atoms. The molecular formula is C14H10Cl2N4. The number of benzene rings is 1. The summed E-state index contributed by atoms with van der Waals surface area (Å²) < 4.78 is 0. The Hall–Kier alpha value is -1.91. The number of rotatable bonds is 3.